The number of benzene rings is 1. The highest BCUT2D eigenvalue weighted by molar-refractivity contribution is 5.78. The van der Waals surface area contributed by atoms with E-state index in [9.17, 15) is 4.79 Å². The molecule has 1 heterocycles. The van der Waals surface area contributed by atoms with Gasteiger partial charge < -0.3 is 9.47 Å². The van der Waals surface area contributed by atoms with Crippen molar-refractivity contribution >= 4 is 5.97 Å². The van der Waals surface area contributed by atoms with E-state index < -0.39 is 0 Å². The summed E-state index contributed by atoms with van der Waals surface area (Å²) in [6, 6.07) is 6.03. The molecule has 1 aromatic carbocycles. The molecule has 0 unspecified atom stereocenters. The van der Waals surface area contributed by atoms with Gasteiger partial charge in [-0.05, 0) is 29.7 Å². The van der Waals surface area contributed by atoms with Crippen LogP contribution in [-0.4, -0.2) is 19.7 Å². The largest absolute Gasteiger partial charge is 0.497 e. The molecule has 1 aliphatic heterocycles. The van der Waals surface area contributed by atoms with Crippen LogP contribution in [0, 0.1) is 5.92 Å². The lowest BCUT2D eigenvalue weighted by Crippen LogP contribution is -2.09. The van der Waals surface area contributed by atoms with Crippen LogP contribution in [0.25, 0.3) is 0 Å². The molecule has 0 bridgehead atoms. The Hall–Kier alpha value is -1.51. The summed E-state index contributed by atoms with van der Waals surface area (Å²) in [5.74, 6) is 1.11. The predicted molar refractivity (Wildman–Crippen MR) is 53.9 cm³/mol. The minimum atomic E-state index is -0.0461. The lowest BCUT2D eigenvalue weighted by atomic mass is 9.96. The Labute approximate surface area is 88.0 Å². The summed E-state index contributed by atoms with van der Waals surface area (Å²) in [6.07, 6.45) is 0.822. The number of fused-ring (bicyclic) bond motifs is 3. The van der Waals surface area contributed by atoms with Crippen LogP contribution in [0.4, 0.5) is 0 Å². The summed E-state index contributed by atoms with van der Waals surface area (Å²) >= 11 is 0. The fraction of sp³-hybridized carbons (Fsp3) is 0.417. The van der Waals surface area contributed by atoms with E-state index in [1.54, 1.807) is 7.11 Å². The Morgan fingerprint density at radius 3 is 3.07 bits per heavy atom. The van der Waals surface area contributed by atoms with Gasteiger partial charge in [-0.25, -0.2) is 0 Å². The average Bonchev–Trinajstić information content (AvgIpc) is 2.78. The highest BCUT2D eigenvalue weighted by Crippen LogP contribution is 2.43. The molecule has 2 atom stereocenters. The lowest BCUT2D eigenvalue weighted by Gasteiger charge is -2.07. The molecule has 3 nitrogen and oxygen atoms in total. The number of cyclic esters (lactones) is 1. The maximum absolute atomic E-state index is 11.4. The van der Waals surface area contributed by atoms with Gasteiger partial charge in [0.05, 0.1) is 19.6 Å². The zero-order valence-electron chi connectivity index (χ0n) is 8.53. The van der Waals surface area contributed by atoms with Gasteiger partial charge in [-0.2, -0.15) is 0 Å². The molecular formula is C12H12O3. The SMILES string of the molecule is COc1ccc2c(c1)[C@@H]1COC(=O)[C@@H]1C2. The number of methoxy groups -OCH3 is 1. The summed E-state index contributed by atoms with van der Waals surface area (Å²) in [6.45, 7) is 0.531. The first-order valence-electron chi connectivity index (χ1n) is 5.13. The molecule has 1 fully saturated rings. The van der Waals surface area contributed by atoms with Crippen LogP contribution in [0.5, 0.6) is 5.75 Å². The molecule has 3 rings (SSSR count). The third-order valence-electron chi connectivity index (χ3n) is 3.39. The highest BCUT2D eigenvalue weighted by atomic mass is 16.5. The number of carbonyl (C=O) groups is 1. The molecule has 0 N–H and O–H groups in total. The van der Waals surface area contributed by atoms with Gasteiger partial charge in [0.15, 0.2) is 0 Å². The van der Waals surface area contributed by atoms with E-state index >= 15 is 0 Å². The second-order valence-electron chi connectivity index (χ2n) is 4.11. The van der Waals surface area contributed by atoms with Crippen molar-refractivity contribution in [2.75, 3.05) is 13.7 Å². The Bertz CT molecular complexity index is 425. The summed E-state index contributed by atoms with van der Waals surface area (Å²) in [4.78, 5) is 11.4. The van der Waals surface area contributed by atoms with E-state index in [1.807, 2.05) is 12.1 Å². The first-order valence-corrected chi connectivity index (χ1v) is 5.13. The second kappa shape index (κ2) is 2.99. The summed E-state index contributed by atoms with van der Waals surface area (Å²) in [7, 11) is 1.66. The molecule has 78 valence electrons. The number of hydrogen-bond acceptors (Lipinski definition) is 3. The van der Waals surface area contributed by atoms with Crippen molar-refractivity contribution < 1.29 is 14.3 Å². The number of rotatable bonds is 1. The molecule has 0 radical (unpaired) electrons. The second-order valence-corrected chi connectivity index (χ2v) is 4.11. The molecule has 0 spiro atoms. The van der Waals surface area contributed by atoms with Crippen LogP contribution in [0.15, 0.2) is 18.2 Å². The van der Waals surface area contributed by atoms with Crippen LogP contribution in [0.1, 0.15) is 17.0 Å². The number of hydrogen-bond donors (Lipinski definition) is 0. The number of ether oxygens (including phenoxy) is 2. The maximum atomic E-state index is 11.4. The van der Waals surface area contributed by atoms with Crippen molar-refractivity contribution in [3.8, 4) is 5.75 Å². The van der Waals surface area contributed by atoms with Gasteiger partial charge in [-0.1, -0.05) is 6.07 Å². The number of esters is 1. The van der Waals surface area contributed by atoms with Crippen molar-refractivity contribution in [1.29, 1.82) is 0 Å². The summed E-state index contributed by atoms with van der Waals surface area (Å²) < 4.78 is 10.3. The monoisotopic (exact) mass is 204 g/mol. The van der Waals surface area contributed by atoms with Crippen molar-refractivity contribution in [2.24, 2.45) is 5.92 Å². The van der Waals surface area contributed by atoms with Crippen molar-refractivity contribution in [3.05, 3.63) is 29.3 Å². The van der Waals surface area contributed by atoms with E-state index in [1.165, 1.54) is 11.1 Å². The van der Waals surface area contributed by atoms with E-state index in [0.717, 1.165) is 12.2 Å². The molecular weight excluding hydrogens is 192 g/mol. The number of carbonyl (C=O) groups excluding carboxylic acids is 1. The van der Waals surface area contributed by atoms with Gasteiger partial charge in [-0.15, -0.1) is 0 Å². The smallest absolute Gasteiger partial charge is 0.310 e. The molecule has 2 aliphatic rings. The Morgan fingerprint density at radius 1 is 1.40 bits per heavy atom. The third kappa shape index (κ3) is 1.16. The van der Waals surface area contributed by atoms with Gasteiger partial charge in [0.2, 0.25) is 0 Å². The van der Waals surface area contributed by atoms with Gasteiger partial charge in [0, 0.05) is 5.92 Å². The molecule has 0 aromatic heterocycles. The van der Waals surface area contributed by atoms with Gasteiger partial charge in [0.25, 0.3) is 0 Å². The minimum Gasteiger partial charge on any atom is -0.497 e. The first-order chi connectivity index (χ1) is 7.29. The van der Waals surface area contributed by atoms with Crippen LogP contribution in [0.3, 0.4) is 0 Å². The van der Waals surface area contributed by atoms with Gasteiger partial charge in [0.1, 0.15) is 5.75 Å². The van der Waals surface area contributed by atoms with Crippen molar-refractivity contribution in [2.45, 2.75) is 12.3 Å². The maximum Gasteiger partial charge on any atom is 0.310 e. The Morgan fingerprint density at radius 2 is 2.27 bits per heavy atom. The van der Waals surface area contributed by atoms with E-state index in [0.29, 0.717) is 6.61 Å². The van der Waals surface area contributed by atoms with Crippen LogP contribution < -0.4 is 4.74 Å². The van der Waals surface area contributed by atoms with Gasteiger partial charge in [-0.3, -0.25) is 4.79 Å². The molecule has 3 heteroatoms. The highest BCUT2D eigenvalue weighted by Gasteiger charge is 2.43. The van der Waals surface area contributed by atoms with Crippen LogP contribution >= 0.6 is 0 Å². The zero-order valence-corrected chi connectivity index (χ0v) is 8.53. The fourth-order valence-corrected chi connectivity index (χ4v) is 2.56. The molecule has 0 amide bonds. The van der Waals surface area contributed by atoms with Crippen LogP contribution in [-0.2, 0) is 16.0 Å². The van der Waals surface area contributed by atoms with E-state index in [2.05, 4.69) is 6.07 Å². The summed E-state index contributed by atoms with van der Waals surface area (Å²) in [5.41, 5.74) is 2.49. The topological polar surface area (TPSA) is 35.5 Å². The molecule has 15 heavy (non-hydrogen) atoms. The van der Waals surface area contributed by atoms with E-state index in [-0.39, 0.29) is 17.8 Å². The standard InChI is InChI=1S/C12H12O3/c1-14-8-3-2-7-4-10-11(9(7)5-8)6-15-12(10)13/h2-3,5,10-11H,4,6H2,1H3/t10-,11+/m1/s1. The third-order valence-corrected chi connectivity index (χ3v) is 3.39. The van der Waals surface area contributed by atoms with Crippen LogP contribution in [0.2, 0.25) is 0 Å². The fourth-order valence-electron chi connectivity index (χ4n) is 2.56. The Balaban J connectivity index is 2.04. The first kappa shape index (κ1) is 8.77. The summed E-state index contributed by atoms with van der Waals surface area (Å²) in [5, 5.41) is 0. The lowest BCUT2D eigenvalue weighted by molar-refractivity contribution is -0.141. The molecule has 1 aliphatic carbocycles. The normalized spacial score (nSPS) is 27.1. The van der Waals surface area contributed by atoms with Gasteiger partial charge >= 0.3 is 5.97 Å². The van der Waals surface area contributed by atoms with Crippen molar-refractivity contribution in [3.63, 3.8) is 0 Å². The predicted octanol–water partition coefficient (Wildman–Crippen LogP) is 1.51. The molecule has 0 saturated carbocycles. The van der Waals surface area contributed by atoms with E-state index in [4.69, 9.17) is 9.47 Å². The minimum absolute atomic E-state index is 0.0461. The molecule has 1 aromatic rings. The van der Waals surface area contributed by atoms with Crippen molar-refractivity contribution in [1.82, 2.24) is 0 Å². The Kier molecular flexibility index (Phi) is 1.75. The molecule has 1 saturated heterocycles. The zero-order chi connectivity index (χ0) is 10.4. The average molecular weight is 204 g/mol. The quantitative estimate of drug-likeness (QED) is 0.650.